The molecular weight excluding hydrogens is 277 g/mol. The van der Waals surface area contributed by atoms with Crippen molar-refractivity contribution in [1.29, 1.82) is 0 Å². The van der Waals surface area contributed by atoms with Crippen LogP contribution in [0.15, 0.2) is 36.5 Å². The summed E-state index contributed by atoms with van der Waals surface area (Å²) in [5.74, 6) is 1.68. The van der Waals surface area contributed by atoms with Gasteiger partial charge in [0.05, 0.1) is 12.8 Å². The van der Waals surface area contributed by atoms with Crippen molar-refractivity contribution in [3.8, 4) is 17.0 Å². The summed E-state index contributed by atoms with van der Waals surface area (Å²) in [6.45, 7) is 2.32. The van der Waals surface area contributed by atoms with Crippen molar-refractivity contribution < 1.29 is 9.13 Å². The summed E-state index contributed by atoms with van der Waals surface area (Å²) in [6, 6.07) is 8.91. The maximum Gasteiger partial charge on any atom is 0.136 e. The van der Waals surface area contributed by atoms with Gasteiger partial charge in [-0.05, 0) is 48.4 Å². The number of benzene rings is 1. The molecule has 0 unspecified atom stereocenters. The van der Waals surface area contributed by atoms with Crippen LogP contribution in [0.4, 0.5) is 4.39 Å². The van der Waals surface area contributed by atoms with E-state index < -0.39 is 0 Å². The summed E-state index contributed by atoms with van der Waals surface area (Å²) < 4.78 is 19.1. The minimum atomic E-state index is -0.300. The zero-order chi connectivity index (χ0) is 15.5. The van der Waals surface area contributed by atoms with Crippen LogP contribution < -0.4 is 4.74 Å². The average Bonchev–Trinajstić information content (AvgIpc) is 2.56. The molecule has 0 N–H and O–H groups in total. The van der Waals surface area contributed by atoms with Gasteiger partial charge in [0.1, 0.15) is 11.6 Å². The van der Waals surface area contributed by atoms with E-state index >= 15 is 0 Å². The van der Waals surface area contributed by atoms with E-state index in [1.165, 1.54) is 44.4 Å². The molecule has 2 aromatic rings. The predicted octanol–water partition coefficient (Wildman–Crippen LogP) is 5.19. The molecule has 1 saturated carbocycles. The van der Waals surface area contributed by atoms with E-state index in [0.29, 0.717) is 22.9 Å². The fourth-order valence-electron chi connectivity index (χ4n) is 3.23. The van der Waals surface area contributed by atoms with E-state index in [2.05, 4.69) is 18.0 Å². The molecule has 3 rings (SSSR count). The van der Waals surface area contributed by atoms with E-state index in [4.69, 9.17) is 4.74 Å². The Morgan fingerprint density at radius 2 is 1.86 bits per heavy atom. The fraction of sp³-hybridized carbons (Fsp3) is 0.421. The molecule has 0 atom stereocenters. The number of rotatable bonds is 3. The Bertz CT molecular complexity index is 630. The first kappa shape index (κ1) is 15.0. The molecule has 22 heavy (non-hydrogen) atoms. The number of halogens is 1. The SMILES string of the molecule is COc1ccc(-c2ccc(C3CCC(C)CC3)cn2)c(F)c1. The maximum atomic E-state index is 14.1. The Morgan fingerprint density at radius 1 is 1.09 bits per heavy atom. The minimum Gasteiger partial charge on any atom is -0.497 e. The summed E-state index contributed by atoms with van der Waals surface area (Å²) in [5.41, 5.74) is 2.47. The Balaban J connectivity index is 1.79. The van der Waals surface area contributed by atoms with E-state index in [1.54, 1.807) is 12.1 Å². The highest BCUT2D eigenvalue weighted by Gasteiger charge is 2.20. The van der Waals surface area contributed by atoms with Crippen LogP contribution in [-0.4, -0.2) is 12.1 Å². The van der Waals surface area contributed by atoms with Crippen molar-refractivity contribution in [1.82, 2.24) is 4.98 Å². The Hall–Kier alpha value is -1.90. The molecule has 0 saturated heterocycles. The second-order valence-electron chi connectivity index (χ2n) is 6.28. The summed E-state index contributed by atoms with van der Waals surface area (Å²) in [6.07, 6.45) is 6.97. The summed E-state index contributed by atoms with van der Waals surface area (Å²) in [7, 11) is 1.53. The van der Waals surface area contributed by atoms with Crippen molar-refractivity contribution in [2.45, 2.75) is 38.5 Å². The standard InChI is InChI=1S/C19H22FNO/c1-13-3-5-14(6-4-13)15-7-10-19(21-12-15)17-9-8-16(22-2)11-18(17)20/h7-14H,3-6H2,1-2H3. The Morgan fingerprint density at radius 3 is 2.45 bits per heavy atom. The van der Waals surface area contributed by atoms with Gasteiger partial charge in [0.15, 0.2) is 0 Å². The number of pyridine rings is 1. The van der Waals surface area contributed by atoms with Crippen LogP contribution in [0.25, 0.3) is 11.3 Å². The summed E-state index contributed by atoms with van der Waals surface area (Å²) >= 11 is 0. The minimum absolute atomic E-state index is 0.300. The second kappa shape index (κ2) is 6.47. The molecule has 1 aliphatic carbocycles. The van der Waals surface area contributed by atoms with Crippen LogP contribution in [-0.2, 0) is 0 Å². The highest BCUT2D eigenvalue weighted by atomic mass is 19.1. The van der Waals surface area contributed by atoms with Gasteiger partial charge in [-0.15, -0.1) is 0 Å². The van der Waals surface area contributed by atoms with E-state index in [0.717, 1.165) is 5.92 Å². The van der Waals surface area contributed by atoms with Crippen LogP contribution in [0.1, 0.15) is 44.1 Å². The van der Waals surface area contributed by atoms with Crippen molar-refractivity contribution in [2.75, 3.05) is 7.11 Å². The molecule has 1 heterocycles. The van der Waals surface area contributed by atoms with Gasteiger partial charge in [0.25, 0.3) is 0 Å². The van der Waals surface area contributed by atoms with Crippen LogP contribution >= 0.6 is 0 Å². The van der Waals surface area contributed by atoms with Gasteiger partial charge < -0.3 is 4.74 Å². The number of aromatic nitrogens is 1. The quantitative estimate of drug-likeness (QED) is 0.778. The molecule has 1 aromatic carbocycles. The summed E-state index contributed by atoms with van der Waals surface area (Å²) in [5, 5.41) is 0. The van der Waals surface area contributed by atoms with Gasteiger partial charge in [0, 0.05) is 17.8 Å². The first-order chi connectivity index (χ1) is 10.7. The van der Waals surface area contributed by atoms with Gasteiger partial charge in [-0.3, -0.25) is 4.98 Å². The van der Waals surface area contributed by atoms with E-state index in [9.17, 15) is 4.39 Å². The topological polar surface area (TPSA) is 22.1 Å². The monoisotopic (exact) mass is 299 g/mol. The van der Waals surface area contributed by atoms with Crippen molar-refractivity contribution >= 4 is 0 Å². The first-order valence-corrected chi connectivity index (χ1v) is 7.97. The molecule has 0 bridgehead atoms. The molecule has 0 aliphatic heterocycles. The molecule has 1 fully saturated rings. The highest BCUT2D eigenvalue weighted by Crippen LogP contribution is 2.35. The maximum absolute atomic E-state index is 14.1. The summed E-state index contributed by atoms with van der Waals surface area (Å²) in [4.78, 5) is 4.48. The Kier molecular flexibility index (Phi) is 4.41. The van der Waals surface area contributed by atoms with Crippen molar-refractivity contribution in [2.24, 2.45) is 5.92 Å². The number of hydrogen-bond donors (Lipinski definition) is 0. The third kappa shape index (κ3) is 3.13. The predicted molar refractivity (Wildman–Crippen MR) is 86.6 cm³/mol. The third-order valence-electron chi connectivity index (χ3n) is 4.73. The van der Waals surface area contributed by atoms with Gasteiger partial charge >= 0.3 is 0 Å². The number of hydrogen-bond acceptors (Lipinski definition) is 2. The zero-order valence-electron chi connectivity index (χ0n) is 13.2. The molecule has 0 amide bonds. The highest BCUT2D eigenvalue weighted by molar-refractivity contribution is 5.61. The molecule has 1 aromatic heterocycles. The van der Waals surface area contributed by atoms with Gasteiger partial charge in [-0.2, -0.15) is 0 Å². The van der Waals surface area contributed by atoms with Crippen molar-refractivity contribution in [3.63, 3.8) is 0 Å². The molecule has 1 aliphatic rings. The Labute approximate surface area is 131 Å². The molecule has 2 nitrogen and oxygen atoms in total. The molecule has 0 spiro atoms. The van der Waals surface area contributed by atoms with E-state index in [-0.39, 0.29) is 5.82 Å². The third-order valence-corrected chi connectivity index (χ3v) is 4.73. The lowest BCUT2D eigenvalue weighted by Crippen LogP contribution is -2.11. The van der Waals surface area contributed by atoms with E-state index in [1.807, 2.05) is 12.3 Å². The lowest BCUT2D eigenvalue weighted by Gasteiger charge is -2.26. The smallest absolute Gasteiger partial charge is 0.136 e. The first-order valence-electron chi connectivity index (χ1n) is 7.97. The van der Waals surface area contributed by atoms with Crippen LogP contribution in [0.3, 0.4) is 0 Å². The van der Waals surface area contributed by atoms with Gasteiger partial charge in [0.2, 0.25) is 0 Å². The number of methoxy groups -OCH3 is 1. The van der Waals surface area contributed by atoms with Crippen LogP contribution in [0, 0.1) is 11.7 Å². The molecule has 116 valence electrons. The number of nitrogens with zero attached hydrogens (tertiary/aromatic N) is 1. The number of ether oxygens (including phenoxy) is 1. The van der Waals surface area contributed by atoms with Gasteiger partial charge in [-0.1, -0.05) is 25.8 Å². The second-order valence-corrected chi connectivity index (χ2v) is 6.28. The largest absolute Gasteiger partial charge is 0.497 e. The van der Waals surface area contributed by atoms with Crippen molar-refractivity contribution in [3.05, 3.63) is 47.9 Å². The fourth-order valence-corrected chi connectivity index (χ4v) is 3.23. The van der Waals surface area contributed by atoms with Crippen LogP contribution in [0.2, 0.25) is 0 Å². The molecule has 0 radical (unpaired) electrons. The average molecular weight is 299 g/mol. The normalized spacial score (nSPS) is 21.6. The lowest BCUT2D eigenvalue weighted by molar-refractivity contribution is 0.347. The van der Waals surface area contributed by atoms with Gasteiger partial charge in [-0.25, -0.2) is 4.39 Å². The molecular formula is C19H22FNO. The van der Waals surface area contributed by atoms with Crippen LogP contribution in [0.5, 0.6) is 5.75 Å². The lowest BCUT2D eigenvalue weighted by atomic mass is 9.80. The zero-order valence-corrected chi connectivity index (χ0v) is 13.2. The molecule has 3 heteroatoms.